The van der Waals surface area contributed by atoms with E-state index < -0.39 is 35.2 Å². The summed E-state index contributed by atoms with van der Waals surface area (Å²) in [5, 5.41) is 9.34. The highest BCUT2D eigenvalue weighted by Gasteiger charge is 2.76. The minimum atomic E-state index is -5.72. The Morgan fingerprint density at radius 1 is 1.06 bits per heavy atom. The number of aliphatic hydroxyl groups is 1. The number of rotatable bonds is 1. The van der Waals surface area contributed by atoms with Crippen LogP contribution in [0.1, 0.15) is 19.8 Å². The molecule has 0 aromatic heterocycles. The van der Waals surface area contributed by atoms with E-state index in [-0.39, 0.29) is 12.8 Å². The standard InChI is InChI=1S/C11H12F6O/c1-8-3-2-6(4-8)7(5-8)9(18,10(12,13)14)11(15,16)17/h2-3,6-7,18H,4-5H2,1H3. The molecular formula is C11H12F6O. The highest BCUT2D eigenvalue weighted by molar-refractivity contribution is 5.21. The lowest BCUT2D eigenvalue weighted by atomic mass is 9.75. The molecule has 1 nitrogen and oxygen atoms in total. The Kier molecular flexibility index (Phi) is 2.61. The molecule has 0 saturated heterocycles. The van der Waals surface area contributed by atoms with Gasteiger partial charge in [-0.15, -0.1) is 0 Å². The number of allylic oxidation sites excluding steroid dienone is 2. The van der Waals surface area contributed by atoms with E-state index in [1.165, 1.54) is 6.08 Å². The van der Waals surface area contributed by atoms with Crippen molar-refractivity contribution < 1.29 is 31.4 Å². The third-order valence-electron chi connectivity index (χ3n) is 4.05. The molecule has 2 rings (SSSR count). The van der Waals surface area contributed by atoms with Gasteiger partial charge in [-0.25, -0.2) is 0 Å². The van der Waals surface area contributed by atoms with Gasteiger partial charge in [0.1, 0.15) is 0 Å². The molecule has 0 radical (unpaired) electrons. The van der Waals surface area contributed by atoms with Crippen molar-refractivity contribution in [1.29, 1.82) is 0 Å². The number of hydrogen-bond acceptors (Lipinski definition) is 1. The smallest absolute Gasteiger partial charge is 0.373 e. The van der Waals surface area contributed by atoms with Gasteiger partial charge in [0.05, 0.1) is 0 Å². The van der Waals surface area contributed by atoms with Crippen LogP contribution in [0.3, 0.4) is 0 Å². The molecule has 2 bridgehead atoms. The van der Waals surface area contributed by atoms with Crippen molar-refractivity contribution in [2.75, 3.05) is 0 Å². The second kappa shape index (κ2) is 3.43. The van der Waals surface area contributed by atoms with E-state index in [1.54, 1.807) is 13.0 Å². The number of fused-ring (bicyclic) bond motifs is 2. The average Bonchev–Trinajstić information content (AvgIpc) is 2.67. The van der Waals surface area contributed by atoms with Gasteiger partial charge in [-0.2, -0.15) is 26.3 Å². The molecule has 1 N–H and O–H groups in total. The van der Waals surface area contributed by atoms with Gasteiger partial charge < -0.3 is 5.11 Å². The first-order valence-corrected chi connectivity index (χ1v) is 5.46. The Balaban J connectivity index is 2.43. The zero-order valence-electron chi connectivity index (χ0n) is 9.44. The Morgan fingerprint density at radius 2 is 1.56 bits per heavy atom. The quantitative estimate of drug-likeness (QED) is 0.573. The monoisotopic (exact) mass is 274 g/mol. The summed E-state index contributed by atoms with van der Waals surface area (Å²) in [5.74, 6) is -2.73. The first-order chi connectivity index (χ1) is 7.91. The van der Waals surface area contributed by atoms with Crippen LogP contribution in [-0.2, 0) is 0 Å². The van der Waals surface area contributed by atoms with Crippen LogP contribution in [0.5, 0.6) is 0 Å². The van der Waals surface area contributed by atoms with Crippen LogP contribution in [0.15, 0.2) is 12.2 Å². The molecule has 0 spiro atoms. The van der Waals surface area contributed by atoms with Crippen molar-refractivity contribution >= 4 is 0 Å². The molecule has 7 heteroatoms. The van der Waals surface area contributed by atoms with E-state index in [9.17, 15) is 31.4 Å². The van der Waals surface area contributed by atoms with Crippen LogP contribution in [0.4, 0.5) is 26.3 Å². The van der Waals surface area contributed by atoms with Gasteiger partial charge in [0.2, 0.25) is 0 Å². The molecule has 2 aliphatic rings. The Hall–Kier alpha value is -0.720. The average molecular weight is 274 g/mol. The summed E-state index contributed by atoms with van der Waals surface area (Å²) in [4.78, 5) is 0. The van der Waals surface area contributed by atoms with E-state index in [0.29, 0.717) is 0 Å². The van der Waals surface area contributed by atoms with Crippen molar-refractivity contribution in [2.45, 2.75) is 37.7 Å². The minimum Gasteiger partial charge on any atom is -0.373 e. The molecule has 0 aromatic rings. The summed E-state index contributed by atoms with van der Waals surface area (Å²) in [6.07, 6.45) is -8.51. The van der Waals surface area contributed by atoms with Gasteiger partial charge in [0.15, 0.2) is 0 Å². The predicted octanol–water partition coefficient (Wildman–Crippen LogP) is 3.44. The predicted molar refractivity (Wildman–Crippen MR) is 50.5 cm³/mol. The van der Waals surface area contributed by atoms with E-state index in [2.05, 4.69) is 0 Å². The minimum absolute atomic E-state index is 0.228. The Bertz CT molecular complexity index is 368. The molecule has 0 aromatic carbocycles. The van der Waals surface area contributed by atoms with Crippen LogP contribution >= 0.6 is 0 Å². The lowest BCUT2D eigenvalue weighted by Crippen LogP contribution is -2.62. The number of hydrogen-bond donors (Lipinski definition) is 1. The summed E-state index contributed by atoms with van der Waals surface area (Å²) in [6, 6.07) is 0. The lowest BCUT2D eigenvalue weighted by molar-refractivity contribution is -0.387. The topological polar surface area (TPSA) is 20.2 Å². The number of alkyl halides is 6. The third-order valence-corrected chi connectivity index (χ3v) is 4.05. The highest BCUT2D eigenvalue weighted by atomic mass is 19.4. The second-order valence-corrected chi connectivity index (χ2v) is 5.45. The second-order valence-electron chi connectivity index (χ2n) is 5.45. The first kappa shape index (κ1) is 13.7. The van der Waals surface area contributed by atoms with Gasteiger partial charge >= 0.3 is 12.4 Å². The zero-order valence-corrected chi connectivity index (χ0v) is 9.44. The molecular weight excluding hydrogens is 262 g/mol. The van der Waals surface area contributed by atoms with Crippen molar-refractivity contribution in [1.82, 2.24) is 0 Å². The molecule has 2 aliphatic carbocycles. The van der Waals surface area contributed by atoms with E-state index >= 15 is 0 Å². The first-order valence-electron chi connectivity index (χ1n) is 5.46. The van der Waals surface area contributed by atoms with Crippen molar-refractivity contribution in [2.24, 2.45) is 17.3 Å². The Morgan fingerprint density at radius 3 is 1.83 bits per heavy atom. The van der Waals surface area contributed by atoms with E-state index in [1.807, 2.05) is 0 Å². The largest absolute Gasteiger partial charge is 0.426 e. The van der Waals surface area contributed by atoms with Gasteiger partial charge in [-0.1, -0.05) is 19.1 Å². The molecule has 1 saturated carbocycles. The normalized spacial score (nSPS) is 36.4. The summed E-state index contributed by atoms with van der Waals surface area (Å²) in [5.41, 5.74) is -5.28. The summed E-state index contributed by atoms with van der Waals surface area (Å²) < 4.78 is 76.2. The maximum Gasteiger partial charge on any atom is 0.426 e. The van der Waals surface area contributed by atoms with E-state index in [4.69, 9.17) is 0 Å². The molecule has 104 valence electrons. The fourth-order valence-corrected chi connectivity index (χ4v) is 3.15. The van der Waals surface area contributed by atoms with Crippen LogP contribution in [0, 0.1) is 17.3 Å². The molecule has 0 heterocycles. The van der Waals surface area contributed by atoms with Gasteiger partial charge in [-0.3, -0.25) is 0 Å². The van der Waals surface area contributed by atoms with Crippen molar-refractivity contribution in [3.05, 3.63) is 12.2 Å². The molecule has 3 unspecified atom stereocenters. The van der Waals surface area contributed by atoms with Crippen LogP contribution in [0.25, 0.3) is 0 Å². The zero-order chi connectivity index (χ0) is 14.0. The number of halogens is 6. The van der Waals surface area contributed by atoms with Crippen LogP contribution in [0.2, 0.25) is 0 Å². The van der Waals surface area contributed by atoms with E-state index in [0.717, 1.165) is 0 Å². The van der Waals surface area contributed by atoms with Crippen LogP contribution in [-0.4, -0.2) is 23.1 Å². The van der Waals surface area contributed by atoms with Crippen molar-refractivity contribution in [3.8, 4) is 0 Å². The molecule has 18 heavy (non-hydrogen) atoms. The third kappa shape index (κ3) is 1.66. The van der Waals surface area contributed by atoms with Crippen LogP contribution < -0.4 is 0 Å². The lowest BCUT2D eigenvalue weighted by Gasteiger charge is -2.40. The van der Waals surface area contributed by atoms with Gasteiger partial charge in [-0.05, 0) is 24.2 Å². The van der Waals surface area contributed by atoms with Gasteiger partial charge in [0.25, 0.3) is 5.60 Å². The highest BCUT2D eigenvalue weighted by Crippen LogP contribution is 2.61. The molecule has 0 aliphatic heterocycles. The summed E-state index contributed by atoms with van der Waals surface area (Å²) in [7, 11) is 0. The maximum absolute atomic E-state index is 12.7. The summed E-state index contributed by atoms with van der Waals surface area (Å²) in [6.45, 7) is 1.61. The fourth-order valence-electron chi connectivity index (χ4n) is 3.15. The Labute approximate surface area is 99.5 Å². The van der Waals surface area contributed by atoms with Crippen molar-refractivity contribution in [3.63, 3.8) is 0 Å². The molecule has 3 atom stereocenters. The molecule has 0 amide bonds. The molecule has 1 fully saturated rings. The maximum atomic E-state index is 12.7. The summed E-state index contributed by atoms with van der Waals surface area (Å²) >= 11 is 0. The van der Waals surface area contributed by atoms with Gasteiger partial charge in [0, 0.05) is 5.92 Å². The SMILES string of the molecule is CC12C=CC(C1)C(C(O)(C(F)(F)F)C(F)(F)F)C2. The fraction of sp³-hybridized carbons (Fsp3) is 0.818.